The predicted octanol–water partition coefficient (Wildman–Crippen LogP) is 11.9. The molecule has 6 aromatic rings. The number of aliphatic hydroxyl groups is 2. The molecule has 4 aromatic carbocycles. The Morgan fingerprint density at radius 1 is 0.573 bits per heavy atom. The fourth-order valence-electron chi connectivity index (χ4n) is 8.30. The van der Waals surface area contributed by atoms with Gasteiger partial charge in [-0.2, -0.15) is 0 Å². The summed E-state index contributed by atoms with van der Waals surface area (Å²) in [6, 6.07) is 40.5. The van der Waals surface area contributed by atoms with E-state index in [-0.39, 0.29) is 30.4 Å². The van der Waals surface area contributed by atoms with Crippen molar-refractivity contribution in [2.24, 2.45) is 0 Å². The van der Waals surface area contributed by atoms with Gasteiger partial charge < -0.3 is 24.6 Å². The number of carbonyl (C=O) groups excluding carboxylic acids is 2. The number of pyridine rings is 2. The Balaban J connectivity index is 0.000000197. The van der Waals surface area contributed by atoms with Crippen molar-refractivity contribution < 1.29 is 38.7 Å². The molecule has 0 unspecified atom stereocenters. The number of benzene rings is 4. The van der Waals surface area contributed by atoms with Crippen molar-refractivity contribution >= 4 is 50.1 Å². The van der Waals surface area contributed by atoms with E-state index in [1.54, 1.807) is 22.2 Å². The number of aliphatic hydroxyl groups excluding tert-OH is 2. The van der Waals surface area contributed by atoms with E-state index < -0.39 is 35.7 Å². The average molecular weight is 1190 g/mol. The normalized spacial score (nSPS) is 16.1. The van der Waals surface area contributed by atoms with Crippen molar-refractivity contribution in [2.45, 2.75) is 130 Å². The molecule has 0 spiro atoms. The summed E-state index contributed by atoms with van der Waals surface area (Å²) in [4.78, 5) is 43.6. The maximum Gasteiger partial charge on any atom is 0.410 e. The zero-order valence-corrected chi connectivity index (χ0v) is 49.7. The van der Waals surface area contributed by atoms with Crippen molar-refractivity contribution in [1.29, 1.82) is 0 Å². The van der Waals surface area contributed by atoms with Crippen LogP contribution in [0.2, 0.25) is 14.8 Å². The first kappa shape index (κ1) is 58.8. The zero-order chi connectivity index (χ0) is 54.2. The minimum absolute atomic E-state index is 0.00272. The fourth-order valence-corrected chi connectivity index (χ4v) is 11.7. The van der Waals surface area contributed by atoms with E-state index in [9.17, 15) is 19.8 Å². The molecule has 400 valence electrons. The molecule has 2 N–H and O–H groups in total. The van der Waals surface area contributed by atoms with Gasteiger partial charge in [0.25, 0.3) is 0 Å². The SMILES string of the molecule is CC(C)(C)OC(=O)N1CC[C@H]1COc1cnc[c]([Sn]([CH3])([CH3])[CH3])c1.CC(C)(C)OC(=O)N1CC[C@H]1COc1cncc(-c2cccc(C[C@@H](O)Cc3ccccc3)c2)c1.O[C@@H](Cc1ccccc1)Cc1cccc(Br)c1. The topological polar surface area (TPSA) is 144 Å². The van der Waals surface area contributed by atoms with Gasteiger partial charge in [-0.1, -0.05) is 113 Å². The van der Waals surface area contributed by atoms with Crippen LogP contribution in [0.1, 0.15) is 76.6 Å². The Kier molecular flexibility index (Phi) is 21.6. The average Bonchev–Trinajstić information content (AvgIpc) is 3.31. The van der Waals surface area contributed by atoms with Crippen LogP contribution >= 0.6 is 15.9 Å². The summed E-state index contributed by atoms with van der Waals surface area (Å²) in [7, 11) is 0. The fraction of sp³-hybridized carbons (Fsp3) is 0.410. The summed E-state index contributed by atoms with van der Waals surface area (Å²) < 4.78 is 25.2. The molecule has 4 atom stereocenters. The van der Waals surface area contributed by atoms with Crippen LogP contribution in [0.15, 0.2) is 151 Å². The van der Waals surface area contributed by atoms with E-state index in [0.29, 0.717) is 51.2 Å². The molecule has 0 radical (unpaired) electrons. The van der Waals surface area contributed by atoms with E-state index in [1.165, 1.54) is 9.14 Å². The van der Waals surface area contributed by atoms with Crippen LogP contribution in [0.4, 0.5) is 9.59 Å². The maximum atomic E-state index is 12.3. The number of likely N-dealkylation sites (tertiary alicyclic amines) is 2. The summed E-state index contributed by atoms with van der Waals surface area (Å²) in [6.45, 7) is 13.6. The van der Waals surface area contributed by atoms with Crippen LogP contribution in [-0.2, 0) is 35.2 Å². The molecule has 2 aliphatic rings. The Hall–Kier alpha value is -5.48. The van der Waals surface area contributed by atoms with E-state index in [1.807, 2.05) is 163 Å². The van der Waals surface area contributed by atoms with Gasteiger partial charge in [0.1, 0.15) is 18.0 Å². The largest absolute Gasteiger partial charge is 0.490 e. The van der Waals surface area contributed by atoms with E-state index in [2.05, 4.69) is 52.8 Å². The number of hydrogen-bond donors (Lipinski definition) is 2. The van der Waals surface area contributed by atoms with Crippen LogP contribution in [-0.4, -0.2) is 122 Å². The number of ether oxygens (including phenoxy) is 4. The Bertz CT molecular complexity index is 2730. The third-order valence-electron chi connectivity index (χ3n) is 12.4. The second-order valence-corrected chi connectivity index (χ2v) is 37.8. The third kappa shape index (κ3) is 20.2. The smallest absolute Gasteiger partial charge is 0.410 e. The molecule has 0 bridgehead atoms. The number of amides is 2. The summed E-state index contributed by atoms with van der Waals surface area (Å²) >= 11 is 1.30. The number of rotatable bonds is 16. The summed E-state index contributed by atoms with van der Waals surface area (Å²) in [6.07, 6.45) is 10.3. The maximum absolute atomic E-state index is 12.3. The van der Waals surface area contributed by atoms with E-state index in [0.717, 1.165) is 57.4 Å². The van der Waals surface area contributed by atoms with Crippen molar-refractivity contribution in [3.05, 3.63) is 173 Å². The molecule has 0 saturated carbocycles. The van der Waals surface area contributed by atoms with Crippen LogP contribution < -0.4 is 13.1 Å². The monoisotopic (exact) mass is 1190 g/mol. The van der Waals surface area contributed by atoms with Crippen LogP contribution in [0.25, 0.3) is 11.1 Å². The van der Waals surface area contributed by atoms with Gasteiger partial charge in [-0.15, -0.1) is 0 Å². The van der Waals surface area contributed by atoms with Gasteiger partial charge in [0.15, 0.2) is 0 Å². The second kappa shape index (κ2) is 27.5. The molecule has 2 aliphatic heterocycles. The van der Waals surface area contributed by atoms with Gasteiger partial charge in [-0.25, -0.2) is 4.79 Å². The molecule has 8 rings (SSSR count). The molecule has 12 nitrogen and oxygen atoms in total. The molecule has 2 amide bonds. The minimum atomic E-state index is -2.13. The van der Waals surface area contributed by atoms with Gasteiger partial charge in [-0.05, 0) is 98.9 Å². The van der Waals surface area contributed by atoms with Gasteiger partial charge in [0, 0.05) is 22.8 Å². The minimum Gasteiger partial charge on any atom is -0.490 e. The van der Waals surface area contributed by atoms with Gasteiger partial charge in [0.2, 0.25) is 0 Å². The molecule has 75 heavy (non-hydrogen) atoms. The standard InChI is InChI=1S/C29H34N2O4.C15H15BrO.C14H19N2O3.3CH3.Sn/c1-29(2,3)35-28(33)31-13-12-25(31)20-34-27-17-24(18-30-19-27)23-11-7-10-22(14-23)16-26(32)15-21-8-5-4-6-9-21;16-14-8-4-7-13(9-14)11-15(17)10-12-5-2-1-3-6-12;1-14(2,3)19-13(17)16-8-6-11(16)10-18-12-5-4-7-15-9-12;;;;/h4-11,14,17-19,25-26,32H,12-13,15-16,20H2,1-3H3;1-9,15,17H,10-11H2;5,7,9,11H,6,8,10H2,1-3H3;3*1H3;/t25-,26-;15-;11-;;;;/m000..../s1. The Labute approximate surface area is 457 Å². The first-order chi connectivity index (χ1) is 35.6. The summed E-state index contributed by atoms with van der Waals surface area (Å²) in [5.74, 6) is 1.46. The number of carbonyl (C=O) groups is 2. The number of nitrogens with zero attached hydrogens (tertiary/aromatic N) is 4. The molecule has 4 heterocycles. The number of hydrogen-bond acceptors (Lipinski definition) is 10. The molecular formula is C61H77BrN4O8Sn. The second-order valence-electron chi connectivity index (χ2n) is 22.3. The third-order valence-corrected chi connectivity index (χ3v) is 18.7. The Morgan fingerprint density at radius 3 is 1.47 bits per heavy atom. The van der Waals surface area contributed by atoms with E-state index >= 15 is 0 Å². The quantitative estimate of drug-likeness (QED) is 0.0899. The molecule has 2 aromatic heterocycles. The summed E-state index contributed by atoms with van der Waals surface area (Å²) in [5.41, 5.74) is 5.52. The molecule has 2 saturated heterocycles. The molecule has 0 aliphatic carbocycles. The molecular weight excluding hydrogens is 1120 g/mol. The van der Waals surface area contributed by atoms with Crippen LogP contribution in [0, 0.1) is 0 Å². The van der Waals surface area contributed by atoms with Crippen molar-refractivity contribution in [3.8, 4) is 22.6 Å². The van der Waals surface area contributed by atoms with Crippen molar-refractivity contribution in [1.82, 2.24) is 19.8 Å². The first-order valence-electron chi connectivity index (χ1n) is 26.0. The number of aromatic nitrogens is 2. The molecule has 14 heteroatoms. The van der Waals surface area contributed by atoms with Crippen LogP contribution in [0.5, 0.6) is 11.5 Å². The van der Waals surface area contributed by atoms with Gasteiger partial charge >= 0.3 is 149 Å². The van der Waals surface area contributed by atoms with Gasteiger partial charge in [-0.3, -0.25) is 4.98 Å². The van der Waals surface area contributed by atoms with Gasteiger partial charge in [0.05, 0.1) is 24.4 Å². The zero-order valence-electron chi connectivity index (χ0n) is 45.2. The summed E-state index contributed by atoms with van der Waals surface area (Å²) in [5, 5.41) is 20.6. The first-order valence-corrected chi connectivity index (χ1v) is 36.8. The molecule has 2 fully saturated rings. The van der Waals surface area contributed by atoms with Crippen molar-refractivity contribution in [3.63, 3.8) is 0 Å². The van der Waals surface area contributed by atoms with Crippen LogP contribution in [0.3, 0.4) is 0 Å². The van der Waals surface area contributed by atoms with E-state index in [4.69, 9.17) is 18.9 Å². The predicted molar refractivity (Wildman–Crippen MR) is 304 cm³/mol. The number of halogens is 1. The Morgan fingerprint density at radius 2 is 1.01 bits per heavy atom. The van der Waals surface area contributed by atoms with Crippen molar-refractivity contribution in [2.75, 3.05) is 26.3 Å².